The van der Waals surface area contributed by atoms with Gasteiger partial charge in [0.15, 0.2) is 0 Å². The molecule has 0 saturated carbocycles. The summed E-state index contributed by atoms with van der Waals surface area (Å²) in [5, 5.41) is 0. The molecule has 0 spiro atoms. The Morgan fingerprint density at radius 1 is 0.760 bits per heavy atom. The fourth-order valence-corrected chi connectivity index (χ4v) is 4.67. The summed E-state index contributed by atoms with van der Waals surface area (Å²) in [7, 11) is 2.38. The Labute approximate surface area is 156 Å². The molecule has 6 heteroatoms. The second-order valence-corrected chi connectivity index (χ2v) is 9.74. The molecular formula is C19H41NO4Si. The third-order valence-electron chi connectivity index (χ3n) is 4.72. The zero-order valence-electron chi connectivity index (χ0n) is 17.3. The quantitative estimate of drug-likeness (QED) is 0.275. The summed E-state index contributed by atoms with van der Waals surface area (Å²) in [6.07, 6.45) is 11.0. The molecule has 0 unspecified atom stereocenters. The molecule has 0 aliphatic rings. The van der Waals surface area contributed by atoms with E-state index < -0.39 is 8.80 Å². The molecule has 0 aliphatic carbocycles. The van der Waals surface area contributed by atoms with Crippen LogP contribution in [0, 0.1) is 0 Å². The van der Waals surface area contributed by atoms with Gasteiger partial charge in [0.05, 0.1) is 0 Å². The Kier molecular flexibility index (Phi) is 15.5. The number of rotatable bonds is 17. The number of hydrogen-bond acceptors (Lipinski definition) is 4. The van der Waals surface area contributed by atoms with Crippen LogP contribution >= 0.6 is 0 Å². The molecule has 150 valence electrons. The molecule has 0 saturated heterocycles. The summed E-state index contributed by atoms with van der Waals surface area (Å²) < 4.78 is 16.4. The van der Waals surface area contributed by atoms with Gasteiger partial charge in [0.1, 0.15) is 0 Å². The van der Waals surface area contributed by atoms with E-state index in [1.54, 1.807) is 21.3 Å². The van der Waals surface area contributed by atoms with Crippen LogP contribution in [0.2, 0.25) is 6.04 Å². The lowest BCUT2D eigenvalue weighted by atomic mass is 10.1. The fourth-order valence-electron chi connectivity index (χ4n) is 2.97. The molecule has 0 radical (unpaired) electrons. The average molecular weight is 376 g/mol. The number of carbonyl (C=O) groups is 1. The van der Waals surface area contributed by atoms with Crippen LogP contribution in [-0.2, 0) is 18.1 Å². The van der Waals surface area contributed by atoms with Crippen molar-refractivity contribution in [1.29, 1.82) is 0 Å². The summed E-state index contributed by atoms with van der Waals surface area (Å²) in [6, 6.07) is 0.740. The van der Waals surface area contributed by atoms with Crippen molar-refractivity contribution in [3.8, 4) is 0 Å². The van der Waals surface area contributed by atoms with E-state index in [1.807, 2.05) is 4.90 Å². The van der Waals surface area contributed by atoms with Gasteiger partial charge in [0.2, 0.25) is 5.91 Å². The van der Waals surface area contributed by atoms with Crippen LogP contribution in [0.15, 0.2) is 0 Å². The average Bonchev–Trinajstić information content (AvgIpc) is 2.64. The van der Waals surface area contributed by atoms with Crippen LogP contribution in [0.25, 0.3) is 0 Å². The minimum atomic E-state index is -2.53. The summed E-state index contributed by atoms with van der Waals surface area (Å²) in [6.45, 7) is 6.00. The third kappa shape index (κ3) is 11.0. The van der Waals surface area contributed by atoms with Crippen LogP contribution in [-0.4, -0.2) is 54.0 Å². The first kappa shape index (κ1) is 24.6. The lowest BCUT2D eigenvalue weighted by Crippen LogP contribution is -2.43. The van der Waals surface area contributed by atoms with Crippen LogP contribution < -0.4 is 0 Å². The van der Waals surface area contributed by atoms with Crippen LogP contribution in [0.5, 0.6) is 0 Å². The lowest BCUT2D eigenvalue weighted by molar-refractivity contribution is -0.131. The fraction of sp³-hybridized carbons (Fsp3) is 0.947. The first-order chi connectivity index (χ1) is 12.1. The molecule has 0 aromatic rings. The number of amides is 1. The molecule has 0 aliphatic heterocycles. The van der Waals surface area contributed by atoms with E-state index in [4.69, 9.17) is 13.3 Å². The van der Waals surface area contributed by atoms with Gasteiger partial charge in [-0.2, -0.15) is 0 Å². The maximum atomic E-state index is 12.5. The van der Waals surface area contributed by atoms with Gasteiger partial charge in [-0.05, 0) is 19.3 Å². The van der Waals surface area contributed by atoms with Gasteiger partial charge < -0.3 is 18.2 Å². The Balaban J connectivity index is 4.26. The van der Waals surface area contributed by atoms with Crippen molar-refractivity contribution in [3.05, 3.63) is 0 Å². The molecular weight excluding hydrogens is 334 g/mol. The Morgan fingerprint density at radius 2 is 1.28 bits per heavy atom. The van der Waals surface area contributed by atoms with Gasteiger partial charge in [-0.25, -0.2) is 0 Å². The highest BCUT2D eigenvalue weighted by Crippen LogP contribution is 2.16. The number of carbonyl (C=O) groups excluding carboxylic acids is 1. The van der Waals surface area contributed by atoms with Crippen molar-refractivity contribution in [2.24, 2.45) is 0 Å². The van der Waals surface area contributed by atoms with Crippen molar-refractivity contribution in [3.63, 3.8) is 0 Å². The van der Waals surface area contributed by atoms with E-state index in [-0.39, 0.29) is 0 Å². The number of nitrogens with zero attached hydrogens (tertiary/aromatic N) is 1. The van der Waals surface area contributed by atoms with Gasteiger partial charge in [-0.1, -0.05) is 52.4 Å². The van der Waals surface area contributed by atoms with E-state index >= 15 is 0 Å². The van der Waals surface area contributed by atoms with E-state index in [1.165, 1.54) is 32.1 Å². The molecule has 25 heavy (non-hydrogen) atoms. The first-order valence-electron chi connectivity index (χ1n) is 10.0. The summed E-state index contributed by atoms with van der Waals surface area (Å²) >= 11 is 0. The van der Waals surface area contributed by atoms with Crippen molar-refractivity contribution < 1.29 is 18.1 Å². The van der Waals surface area contributed by atoms with Crippen molar-refractivity contribution in [1.82, 2.24) is 4.90 Å². The molecule has 5 nitrogen and oxygen atoms in total. The van der Waals surface area contributed by atoms with Crippen molar-refractivity contribution in [2.45, 2.75) is 84.1 Å². The topological polar surface area (TPSA) is 48.0 Å². The zero-order chi connectivity index (χ0) is 19.0. The van der Waals surface area contributed by atoms with Crippen LogP contribution in [0.3, 0.4) is 0 Å². The summed E-state index contributed by atoms with van der Waals surface area (Å²) in [5.74, 6) is 0.295. The van der Waals surface area contributed by atoms with Crippen LogP contribution in [0.1, 0.15) is 78.1 Å². The van der Waals surface area contributed by atoms with Gasteiger partial charge in [0.25, 0.3) is 0 Å². The molecule has 0 atom stereocenters. The second-order valence-electron chi connectivity index (χ2n) is 6.65. The largest absolute Gasteiger partial charge is 0.500 e. The van der Waals surface area contributed by atoms with Gasteiger partial charge >= 0.3 is 8.80 Å². The molecule has 0 bridgehead atoms. The molecule has 0 fully saturated rings. The first-order valence-corrected chi connectivity index (χ1v) is 12.0. The van der Waals surface area contributed by atoms with Gasteiger partial charge in [-0.3, -0.25) is 4.79 Å². The molecule has 0 N–H and O–H groups in total. The Hall–Kier alpha value is -0.433. The SMILES string of the molecule is CCCCCCCCC(=O)N(CCCC)CCC[Si](OC)(OC)OC. The van der Waals surface area contributed by atoms with E-state index in [9.17, 15) is 4.79 Å². The van der Waals surface area contributed by atoms with E-state index in [0.717, 1.165) is 44.8 Å². The maximum absolute atomic E-state index is 12.5. The van der Waals surface area contributed by atoms with Crippen molar-refractivity contribution >= 4 is 14.7 Å². The standard InChI is InChI=1S/C19H41NO4Si/c1-6-8-10-11-12-13-15-19(21)20(16-9-7-2)17-14-18-25(22-3,23-4)24-5/h6-18H2,1-5H3. The monoisotopic (exact) mass is 375 g/mol. The Bertz CT molecular complexity index is 316. The predicted octanol–water partition coefficient (Wildman–Crippen LogP) is 4.63. The van der Waals surface area contributed by atoms with E-state index in [0.29, 0.717) is 12.3 Å². The highest BCUT2D eigenvalue weighted by Gasteiger charge is 2.37. The van der Waals surface area contributed by atoms with Crippen LogP contribution in [0.4, 0.5) is 0 Å². The maximum Gasteiger partial charge on any atom is 0.500 e. The normalized spacial score (nSPS) is 11.7. The molecule has 0 rings (SSSR count). The second kappa shape index (κ2) is 15.8. The third-order valence-corrected chi connectivity index (χ3v) is 7.55. The van der Waals surface area contributed by atoms with Gasteiger partial charge in [0, 0.05) is 46.9 Å². The van der Waals surface area contributed by atoms with E-state index in [2.05, 4.69) is 13.8 Å². The minimum Gasteiger partial charge on any atom is -0.377 e. The van der Waals surface area contributed by atoms with Crippen molar-refractivity contribution in [2.75, 3.05) is 34.4 Å². The molecule has 0 heterocycles. The molecule has 1 amide bonds. The number of unbranched alkanes of at least 4 members (excludes halogenated alkanes) is 6. The highest BCUT2D eigenvalue weighted by atomic mass is 28.4. The minimum absolute atomic E-state index is 0.295. The highest BCUT2D eigenvalue weighted by molar-refractivity contribution is 6.60. The summed E-state index contributed by atoms with van der Waals surface area (Å²) in [5.41, 5.74) is 0. The Morgan fingerprint density at radius 3 is 1.84 bits per heavy atom. The summed E-state index contributed by atoms with van der Waals surface area (Å²) in [4.78, 5) is 14.6. The molecule has 0 aromatic heterocycles. The smallest absolute Gasteiger partial charge is 0.377 e. The van der Waals surface area contributed by atoms with Gasteiger partial charge in [-0.15, -0.1) is 0 Å². The predicted molar refractivity (Wildman–Crippen MR) is 106 cm³/mol. The molecule has 0 aromatic carbocycles. The number of hydrogen-bond donors (Lipinski definition) is 0. The zero-order valence-corrected chi connectivity index (χ0v) is 18.3. The lowest BCUT2D eigenvalue weighted by Gasteiger charge is -2.27.